The van der Waals surface area contributed by atoms with Crippen LogP contribution in [0, 0.1) is 0 Å². The lowest BCUT2D eigenvalue weighted by atomic mass is 10.0. The van der Waals surface area contributed by atoms with Crippen LogP contribution in [-0.2, 0) is 0 Å². The Morgan fingerprint density at radius 2 is 2.11 bits per heavy atom. The first-order valence-electron chi connectivity index (χ1n) is 6.89. The number of nitrogens with one attached hydrogen (secondary N) is 1. The molecule has 2 heterocycles. The van der Waals surface area contributed by atoms with Gasteiger partial charge in [-0.05, 0) is 39.9 Å². The molecular formula is C13H24N6. The molecule has 1 aliphatic heterocycles. The third-order valence-corrected chi connectivity index (χ3v) is 3.78. The summed E-state index contributed by atoms with van der Waals surface area (Å²) in [6.07, 6.45) is 3.87. The number of hydrogen-bond donors (Lipinski definition) is 2. The fourth-order valence-corrected chi connectivity index (χ4v) is 2.53. The van der Waals surface area contributed by atoms with Gasteiger partial charge in [0.05, 0.1) is 0 Å². The molecular weight excluding hydrogens is 240 g/mol. The molecule has 0 amide bonds. The van der Waals surface area contributed by atoms with Gasteiger partial charge in [0.1, 0.15) is 12.0 Å². The van der Waals surface area contributed by atoms with Crippen LogP contribution in [0.15, 0.2) is 6.33 Å². The summed E-state index contributed by atoms with van der Waals surface area (Å²) in [6, 6.07) is 0.503. The highest BCUT2D eigenvalue weighted by molar-refractivity contribution is 5.74. The van der Waals surface area contributed by atoms with Crippen molar-refractivity contribution in [2.75, 3.05) is 49.7 Å². The Labute approximate surface area is 115 Å². The highest BCUT2D eigenvalue weighted by Gasteiger charge is 2.23. The molecule has 1 aromatic rings. The van der Waals surface area contributed by atoms with E-state index in [9.17, 15) is 0 Å². The van der Waals surface area contributed by atoms with Gasteiger partial charge in [-0.3, -0.25) is 0 Å². The molecule has 2 rings (SSSR count). The molecule has 1 aliphatic rings. The van der Waals surface area contributed by atoms with E-state index in [-0.39, 0.29) is 0 Å². The summed E-state index contributed by atoms with van der Waals surface area (Å²) < 4.78 is 0. The molecule has 0 spiro atoms. The first-order chi connectivity index (χ1) is 9.13. The lowest BCUT2D eigenvalue weighted by molar-refractivity contribution is 0.252. The lowest BCUT2D eigenvalue weighted by Crippen LogP contribution is -2.42. The van der Waals surface area contributed by atoms with Gasteiger partial charge in [-0.25, -0.2) is 9.97 Å². The van der Waals surface area contributed by atoms with Crippen LogP contribution in [0.4, 0.5) is 17.3 Å². The molecule has 0 atom stereocenters. The van der Waals surface area contributed by atoms with E-state index in [1.807, 2.05) is 6.92 Å². The number of likely N-dealkylation sites (tertiary alicyclic amines) is 1. The predicted octanol–water partition coefficient (Wildman–Crippen LogP) is 1.02. The fourth-order valence-electron chi connectivity index (χ4n) is 2.53. The zero-order chi connectivity index (χ0) is 13.8. The number of nitrogens with zero attached hydrogens (tertiary/aromatic N) is 4. The molecule has 6 nitrogen and oxygen atoms in total. The van der Waals surface area contributed by atoms with Gasteiger partial charge in [0.2, 0.25) is 0 Å². The van der Waals surface area contributed by atoms with E-state index in [0.29, 0.717) is 11.7 Å². The maximum Gasteiger partial charge on any atom is 0.157 e. The Kier molecular flexibility index (Phi) is 4.42. The minimum absolute atomic E-state index is 0.503. The van der Waals surface area contributed by atoms with Gasteiger partial charge < -0.3 is 20.9 Å². The summed E-state index contributed by atoms with van der Waals surface area (Å²) in [7, 11) is 4.24. The van der Waals surface area contributed by atoms with Crippen LogP contribution >= 0.6 is 0 Å². The van der Waals surface area contributed by atoms with Crippen molar-refractivity contribution in [2.45, 2.75) is 25.8 Å². The number of hydrogen-bond acceptors (Lipinski definition) is 6. The summed E-state index contributed by atoms with van der Waals surface area (Å²) in [5, 5.41) is 3.17. The van der Waals surface area contributed by atoms with Crippen molar-refractivity contribution >= 4 is 17.3 Å². The predicted molar refractivity (Wildman–Crippen MR) is 79.5 cm³/mol. The molecule has 1 saturated heterocycles. The normalized spacial score (nSPS) is 17.4. The standard InChI is InChI=1S/C13H24N6/c1-4-15-12-11(14)13(17-9-16-12)19(3)10-5-7-18(2)8-6-10/h9-10H,4-8,14H2,1-3H3,(H,15,16,17). The second-order valence-corrected chi connectivity index (χ2v) is 5.14. The third kappa shape index (κ3) is 3.07. The lowest BCUT2D eigenvalue weighted by Gasteiger charge is -2.36. The monoisotopic (exact) mass is 264 g/mol. The van der Waals surface area contributed by atoms with Gasteiger partial charge >= 0.3 is 0 Å². The molecule has 6 heteroatoms. The van der Waals surface area contributed by atoms with Crippen molar-refractivity contribution in [1.82, 2.24) is 14.9 Å². The second-order valence-electron chi connectivity index (χ2n) is 5.14. The molecule has 3 N–H and O–H groups in total. The Morgan fingerprint density at radius 3 is 2.74 bits per heavy atom. The highest BCUT2D eigenvalue weighted by Crippen LogP contribution is 2.28. The molecule has 19 heavy (non-hydrogen) atoms. The maximum atomic E-state index is 6.16. The average molecular weight is 264 g/mol. The fraction of sp³-hybridized carbons (Fsp3) is 0.692. The van der Waals surface area contributed by atoms with Crippen molar-refractivity contribution < 1.29 is 0 Å². The molecule has 0 saturated carbocycles. The van der Waals surface area contributed by atoms with Crippen molar-refractivity contribution in [3.8, 4) is 0 Å². The molecule has 0 aliphatic carbocycles. The Balaban J connectivity index is 2.14. The third-order valence-electron chi connectivity index (χ3n) is 3.78. The number of nitrogen functional groups attached to an aromatic ring is 1. The molecule has 0 unspecified atom stereocenters. The number of piperidine rings is 1. The maximum absolute atomic E-state index is 6.16. The SMILES string of the molecule is CCNc1ncnc(N(C)C2CCN(C)CC2)c1N. The number of rotatable bonds is 4. The Hall–Kier alpha value is -1.56. The van der Waals surface area contributed by atoms with E-state index in [2.05, 4.69) is 39.2 Å². The summed E-state index contributed by atoms with van der Waals surface area (Å²) >= 11 is 0. The van der Waals surface area contributed by atoms with Crippen LogP contribution in [-0.4, -0.2) is 54.6 Å². The molecule has 0 bridgehead atoms. The van der Waals surface area contributed by atoms with Crippen LogP contribution in [0.25, 0.3) is 0 Å². The minimum Gasteiger partial charge on any atom is -0.393 e. The quantitative estimate of drug-likeness (QED) is 0.846. The van der Waals surface area contributed by atoms with Gasteiger partial charge in [-0.2, -0.15) is 0 Å². The van der Waals surface area contributed by atoms with Crippen LogP contribution in [0.1, 0.15) is 19.8 Å². The first-order valence-corrected chi connectivity index (χ1v) is 6.89. The van der Waals surface area contributed by atoms with Gasteiger partial charge in [0.15, 0.2) is 11.6 Å². The van der Waals surface area contributed by atoms with E-state index < -0.39 is 0 Å². The Bertz CT molecular complexity index is 414. The van der Waals surface area contributed by atoms with E-state index >= 15 is 0 Å². The summed E-state index contributed by atoms with van der Waals surface area (Å²) in [4.78, 5) is 13.1. The second kappa shape index (κ2) is 6.06. The zero-order valence-corrected chi connectivity index (χ0v) is 12.1. The van der Waals surface area contributed by atoms with Crippen LogP contribution in [0.5, 0.6) is 0 Å². The van der Waals surface area contributed by atoms with E-state index in [4.69, 9.17) is 5.73 Å². The molecule has 0 aromatic carbocycles. The minimum atomic E-state index is 0.503. The largest absolute Gasteiger partial charge is 0.393 e. The molecule has 1 aromatic heterocycles. The van der Waals surface area contributed by atoms with Crippen molar-refractivity contribution in [2.24, 2.45) is 0 Å². The number of aromatic nitrogens is 2. The van der Waals surface area contributed by atoms with Crippen molar-refractivity contribution in [3.05, 3.63) is 6.33 Å². The highest BCUT2D eigenvalue weighted by atomic mass is 15.2. The van der Waals surface area contributed by atoms with Crippen molar-refractivity contribution in [3.63, 3.8) is 0 Å². The smallest absolute Gasteiger partial charge is 0.157 e. The van der Waals surface area contributed by atoms with E-state index in [1.54, 1.807) is 6.33 Å². The topological polar surface area (TPSA) is 70.3 Å². The van der Waals surface area contributed by atoms with Gasteiger partial charge in [0.25, 0.3) is 0 Å². The van der Waals surface area contributed by atoms with Crippen LogP contribution in [0.3, 0.4) is 0 Å². The summed E-state index contributed by atoms with van der Waals surface area (Å²) in [6.45, 7) is 5.08. The molecule has 1 fully saturated rings. The number of anilines is 3. The molecule has 0 radical (unpaired) electrons. The zero-order valence-electron chi connectivity index (χ0n) is 12.1. The number of nitrogens with two attached hydrogens (primary N) is 1. The summed E-state index contributed by atoms with van der Waals surface area (Å²) in [5.41, 5.74) is 6.81. The summed E-state index contributed by atoms with van der Waals surface area (Å²) in [5.74, 6) is 1.56. The van der Waals surface area contributed by atoms with Crippen LogP contribution < -0.4 is 16.0 Å². The molecule has 106 valence electrons. The Morgan fingerprint density at radius 1 is 1.42 bits per heavy atom. The first kappa shape index (κ1) is 13.9. The van der Waals surface area contributed by atoms with E-state index in [1.165, 1.54) is 0 Å². The van der Waals surface area contributed by atoms with Crippen molar-refractivity contribution in [1.29, 1.82) is 0 Å². The van der Waals surface area contributed by atoms with Gasteiger partial charge in [0, 0.05) is 19.6 Å². The van der Waals surface area contributed by atoms with E-state index in [0.717, 1.165) is 44.1 Å². The van der Waals surface area contributed by atoms with Gasteiger partial charge in [-0.1, -0.05) is 0 Å². The average Bonchev–Trinajstić information content (AvgIpc) is 2.41. The van der Waals surface area contributed by atoms with Crippen LogP contribution in [0.2, 0.25) is 0 Å². The van der Waals surface area contributed by atoms with Gasteiger partial charge in [-0.15, -0.1) is 0 Å².